The van der Waals surface area contributed by atoms with Crippen LogP contribution in [0.2, 0.25) is 0 Å². The van der Waals surface area contributed by atoms with Crippen LogP contribution in [0.5, 0.6) is 0 Å². The van der Waals surface area contributed by atoms with Crippen molar-refractivity contribution in [3.63, 3.8) is 0 Å². The summed E-state index contributed by atoms with van der Waals surface area (Å²) in [5, 5.41) is 12.5. The maximum Gasteiger partial charge on any atom is 0.133 e. The molecule has 0 bridgehead atoms. The number of hydrogen-bond donors (Lipinski definition) is 1. The molecule has 3 heteroatoms. The first-order valence-corrected chi connectivity index (χ1v) is 5.09. The van der Waals surface area contributed by atoms with Crippen LogP contribution in [0.15, 0.2) is 12.7 Å². The van der Waals surface area contributed by atoms with Crippen LogP contribution in [0.3, 0.4) is 0 Å². The van der Waals surface area contributed by atoms with E-state index in [-0.39, 0.29) is 6.10 Å². The van der Waals surface area contributed by atoms with Gasteiger partial charge in [0.1, 0.15) is 5.54 Å². The predicted octanol–water partition coefficient (Wildman–Crippen LogP) is 1.61. The first-order chi connectivity index (χ1) is 6.79. The van der Waals surface area contributed by atoms with Crippen LogP contribution < -0.4 is 5.32 Å². The van der Waals surface area contributed by atoms with Crippen molar-refractivity contribution in [2.45, 2.75) is 37.3 Å². The minimum atomic E-state index is -0.499. The number of methoxy groups -OCH3 is 1. The Labute approximate surface area is 85.7 Å². The molecule has 1 rings (SSSR count). The van der Waals surface area contributed by atoms with Crippen LogP contribution >= 0.6 is 0 Å². The van der Waals surface area contributed by atoms with Crippen molar-refractivity contribution < 1.29 is 4.74 Å². The monoisotopic (exact) mass is 194 g/mol. The standard InChI is InChI=1S/C11H18N2O/c1-3-8-13-11(9-12)7-5-4-6-10(11)14-2/h3,10,13H,1,4-8H2,2H3. The van der Waals surface area contributed by atoms with Crippen LogP contribution in [-0.2, 0) is 4.74 Å². The highest BCUT2D eigenvalue weighted by atomic mass is 16.5. The van der Waals surface area contributed by atoms with Gasteiger partial charge in [0.15, 0.2) is 0 Å². The second kappa shape index (κ2) is 5.14. The van der Waals surface area contributed by atoms with Gasteiger partial charge >= 0.3 is 0 Å². The van der Waals surface area contributed by atoms with Crippen molar-refractivity contribution in [1.82, 2.24) is 5.32 Å². The van der Waals surface area contributed by atoms with Gasteiger partial charge in [-0.15, -0.1) is 6.58 Å². The van der Waals surface area contributed by atoms with Crippen molar-refractivity contribution in [3.8, 4) is 6.07 Å². The van der Waals surface area contributed by atoms with E-state index in [0.717, 1.165) is 25.7 Å². The largest absolute Gasteiger partial charge is 0.378 e. The predicted molar refractivity (Wildman–Crippen MR) is 55.8 cm³/mol. The molecule has 0 aliphatic heterocycles. The molecular weight excluding hydrogens is 176 g/mol. The number of rotatable bonds is 4. The quantitative estimate of drug-likeness (QED) is 0.692. The lowest BCUT2D eigenvalue weighted by atomic mass is 9.80. The zero-order valence-electron chi connectivity index (χ0n) is 8.75. The molecule has 1 saturated carbocycles. The molecule has 0 amide bonds. The third-order valence-corrected chi connectivity index (χ3v) is 2.88. The van der Waals surface area contributed by atoms with Gasteiger partial charge in [-0.2, -0.15) is 5.26 Å². The third kappa shape index (κ3) is 2.14. The molecule has 14 heavy (non-hydrogen) atoms. The van der Waals surface area contributed by atoms with E-state index >= 15 is 0 Å². The fourth-order valence-electron chi connectivity index (χ4n) is 2.08. The first-order valence-electron chi connectivity index (χ1n) is 5.09. The third-order valence-electron chi connectivity index (χ3n) is 2.88. The van der Waals surface area contributed by atoms with E-state index in [2.05, 4.69) is 18.0 Å². The van der Waals surface area contributed by atoms with Crippen molar-refractivity contribution in [3.05, 3.63) is 12.7 Å². The normalized spacial score (nSPS) is 32.1. The molecule has 78 valence electrons. The Kier molecular flexibility index (Phi) is 4.12. The zero-order valence-corrected chi connectivity index (χ0v) is 8.75. The highest BCUT2D eigenvalue weighted by Crippen LogP contribution is 2.29. The van der Waals surface area contributed by atoms with E-state index in [0.29, 0.717) is 6.54 Å². The Morgan fingerprint density at radius 3 is 3.07 bits per heavy atom. The van der Waals surface area contributed by atoms with E-state index < -0.39 is 5.54 Å². The number of nitrogens with zero attached hydrogens (tertiary/aromatic N) is 1. The number of nitrogens with one attached hydrogen (secondary N) is 1. The molecule has 1 aliphatic carbocycles. The molecule has 3 nitrogen and oxygen atoms in total. The van der Waals surface area contributed by atoms with Crippen molar-refractivity contribution in [1.29, 1.82) is 5.26 Å². The van der Waals surface area contributed by atoms with E-state index in [4.69, 9.17) is 4.74 Å². The van der Waals surface area contributed by atoms with Crippen LogP contribution in [-0.4, -0.2) is 25.3 Å². The highest BCUT2D eigenvalue weighted by Gasteiger charge is 2.40. The Hall–Kier alpha value is -0.850. The van der Waals surface area contributed by atoms with Gasteiger partial charge in [0, 0.05) is 13.7 Å². The van der Waals surface area contributed by atoms with Gasteiger partial charge in [-0.1, -0.05) is 18.9 Å². The molecule has 0 heterocycles. The van der Waals surface area contributed by atoms with Crippen LogP contribution in [0.25, 0.3) is 0 Å². The van der Waals surface area contributed by atoms with Crippen LogP contribution in [0, 0.1) is 11.3 Å². The van der Waals surface area contributed by atoms with E-state index in [9.17, 15) is 5.26 Å². The summed E-state index contributed by atoms with van der Waals surface area (Å²) in [5.41, 5.74) is -0.499. The van der Waals surface area contributed by atoms with Gasteiger partial charge < -0.3 is 4.74 Å². The van der Waals surface area contributed by atoms with E-state index in [1.54, 1.807) is 13.2 Å². The molecule has 0 saturated heterocycles. The summed E-state index contributed by atoms with van der Waals surface area (Å²) in [6.45, 7) is 4.31. The smallest absolute Gasteiger partial charge is 0.133 e. The Bertz CT molecular complexity index is 234. The zero-order chi connectivity index (χ0) is 10.4. The maximum absolute atomic E-state index is 9.24. The minimum Gasteiger partial charge on any atom is -0.378 e. The molecule has 1 N–H and O–H groups in total. The summed E-state index contributed by atoms with van der Waals surface area (Å²) in [5.74, 6) is 0. The minimum absolute atomic E-state index is 0.0150. The van der Waals surface area contributed by atoms with Gasteiger partial charge in [-0.05, 0) is 12.8 Å². The summed E-state index contributed by atoms with van der Waals surface area (Å²) in [4.78, 5) is 0. The molecule has 0 aromatic rings. The molecule has 0 spiro atoms. The second-order valence-electron chi connectivity index (χ2n) is 3.72. The summed E-state index contributed by atoms with van der Waals surface area (Å²) in [6, 6.07) is 2.37. The van der Waals surface area contributed by atoms with Crippen LogP contribution in [0.1, 0.15) is 25.7 Å². The highest BCUT2D eigenvalue weighted by molar-refractivity contribution is 5.14. The van der Waals surface area contributed by atoms with Crippen molar-refractivity contribution >= 4 is 0 Å². The van der Waals surface area contributed by atoms with Gasteiger partial charge in [0.2, 0.25) is 0 Å². The van der Waals surface area contributed by atoms with Crippen molar-refractivity contribution in [2.75, 3.05) is 13.7 Å². The Morgan fingerprint density at radius 1 is 1.71 bits per heavy atom. The number of nitriles is 1. The molecule has 0 radical (unpaired) electrons. The Balaban J connectivity index is 2.71. The average molecular weight is 194 g/mol. The molecule has 1 fully saturated rings. The van der Waals surface area contributed by atoms with Gasteiger partial charge in [-0.25, -0.2) is 0 Å². The van der Waals surface area contributed by atoms with E-state index in [1.807, 2.05) is 0 Å². The fourth-order valence-corrected chi connectivity index (χ4v) is 2.08. The number of hydrogen-bond acceptors (Lipinski definition) is 3. The molecule has 0 aromatic carbocycles. The average Bonchev–Trinajstić information content (AvgIpc) is 2.26. The Morgan fingerprint density at radius 2 is 2.50 bits per heavy atom. The molecular formula is C11H18N2O. The van der Waals surface area contributed by atoms with E-state index in [1.165, 1.54) is 0 Å². The number of ether oxygens (including phenoxy) is 1. The fraction of sp³-hybridized carbons (Fsp3) is 0.727. The van der Waals surface area contributed by atoms with Gasteiger partial charge in [0.05, 0.1) is 12.2 Å². The van der Waals surface area contributed by atoms with Crippen LogP contribution in [0.4, 0.5) is 0 Å². The lowest BCUT2D eigenvalue weighted by Crippen LogP contribution is -2.55. The SMILES string of the molecule is C=CCNC1(C#N)CCCCC1OC. The molecule has 0 aromatic heterocycles. The molecule has 1 aliphatic rings. The summed E-state index contributed by atoms with van der Waals surface area (Å²) in [6.07, 6.45) is 5.88. The van der Waals surface area contributed by atoms with Gasteiger partial charge in [0.25, 0.3) is 0 Å². The lowest BCUT2D eigenvalue weighted by molar-refractivity contribution is 0.0144. The topological polar surface area (TPSA) is 45.0 Å². The first kappa shape index (κ1) is 11.2. The summed E-state index contributed by atoms with van der Waals surface area (Å²) < 4.78 is 5.38. The van der Waals surface area contributed by atoms with Crippen molar-refractivity contribution in [2.24, 2.45) is 0 Å². The summed E-state index contributed by atoms with van der Waals surface area (Å²) >= 11 is 0. The van der Waals surface area contributed by atoms with Gasteiger partial charge in [-0.3, -0.25) is 5.32 Å². The molecule has 2 atom stereocenters. The maximum atomic E-state index is 9.24. The lowest BCUT2D eigenvalue weighted by Gasteiger charge is -2.38. The second-order valence-corrected chi connectivity index (χ2v) is 3.72. The molecule has 2 unspecified atom stereocenters. The summed E-state index contributed by atoms with van der Waals surface area (Å²) in [7, 11) is 1.68.